The van der Waals surface area contributed by atoms with Crippen LogP contribution in [0, 0.1) is 0 Å². The van der Waals surface area contributed by atoms with Crippen LogP contribution >= 0.6 is 11.6 Å². The number of hydrogen-bond acceptors (Lipinski definition) is 3. The molecule has 16 heavy (non-hydrogen) atoms. The Kier molecular flexibility index (Phi) is 4.23. The van der Waals surface area contributed by atoms with E-state index in [2.05, 4.69) is 16.0 Å². The maximum absolute atomic E-state index is 6.15. The van der Waals surface area contributed by atoms with Gasteiger partial charge < -0.3 is 15.5 Å². The van der Waals surface area contributed by atoms with Crippen molar-refractivity contribution < 1.29 is 4.74 Å². The summed E-state index contributed by atoms with van der Waals surface area (Å²) >= 11 is 6.15. The second-order valence-electron chi connectivity index (χ2n) is 4.06. The third-order valence-electron chi connectivity index (χ3n) is 2.81. The van der Waals surface area contributed by atoms with Crippen LogP contribution in [0.4, 0.5) is 0 Å². The fourth-order valence-electron chi connectivity index (χ4n) is 1.94. The Hall–Kier alpha value is -0.550. The highest BCUT2D eigenvalue weighted by Gasteiger charge is 2.14. The summed E-state index contributed by atoms with van der Waals surface area (Å²) in [5, 5.41) is 0.745. The number of H-pyrrole nitrogens is 1. The molecular weight excluding hydrogens is 226 g/mol. The average Bonchev–Trinajstić information content (AvgIpc) is 2.61. The van der Waals surface area contributed by atoms with Crippen molar-refractivity contribution in [1.29, 1.82) is 0 Å². The summed E-state index contributed by atoms with van der Waals surface area (Å²) in [5.74, 6) is 0. The number of halogens is 1. The molecule has 1 aliphatic rings. The average molecular weight is 244 g/mol. The lowest BCUT2D eigenvalue weighted by atomic mass is 10.2. The van der Waals surface area contributed by atoms with Crippen molar-refractivity contribution in [2.75, 3.05) is 32.8 Å². The van der Waals surface area contributed by atoms with Gasteiger partial charge in [-0.2, -0.15) is 0 Å². The number of hydrogen-bond donors (Lipinski definition) is 2. The topological polar surface area (TPSA) is 54.3 Å². The highest BCUT2D eigenvalue weighted by Crippen LogP contribution is 2.19. The van der Waals surface area contributed by atoms with Crippen LogP contribution < -0.4 is 5.73 Å². The van der Waals surface area contributed by atoms with Crippen molar-refractivity contribution in [1.82, 2.24) is 9.88 Å². The number of morpholine rings is 1. The zero-order valence-electron chi connectivity index (χ0n) is 9.34. The molecule has 3 N–H and O–H groups in total. The van der Waals surface area contributed by atoms with E-state index >= 15 is 0 Å². The first kappa shape index (κ1) is 11.9. The van der Waals surface area contributed by atoms with Gasteiger partial charge in [0.05, 0.1) is 13.2 Å². The van der Waals surface area contributed by atoms with Gasteiger partial charge in [0.1, 0.15) is 5.15 Å². The van der Waals surface area contributed by atoms with E-state index in [9.17, 15) is 0 Å². The van der Waals surface area contributed by atoms with E-state index in [1.807, 2.05) is 0 Å². The van der Waals surface area contributed by atoms with Gasteiger partial charge in [0.25, 0.3) is 0 Å². The molecule has 0 aromatic carbocycles. The van der Waals surface area contributed by atoms with Gasteiger partial charge in [-0.3, -0.25) is 4.90 Å². The van der Waals surface area contributed by atoms with Crippen molar-refractivity contribution in [3.05, 3.63) is 22.5 Å². The predicted octanol–water partition coefficient (Wildman–Crippen LogP) is 1.00. The molecule has 0 unspecified atom stereocenters. The molecule has 5 heteroatoms. The SMILES string of the molecule is NCCc1cc(CN2CCOCC2)c(Cl)[nH]1. The van der Waals surface area contributed by atoms with Gasteiger partial charge in [0.2, 0.25) is 0 Å². The Balaban J connectivity index is 1.96. The van der Waals surface area contributed by atoms with Crippen LogP contribution in [0.25, 0.3) is 0 Å². The standard InChI is InChI=1S/C11H18ClN3O/c12-11-9(7-10(14-11)1-2-13)8-15-3-5-16-6-4-15/h7,14H,1-6,8,13H2. The fraction of sp³-hybridized carbons (Fsp3) is 0.636. The van der Waals surface area contributed by atoms with Gasteiger partial charge in [-0.1, -0.05) is 11.6 Å². The van der Waals surface area contributed by atoms with E-state index in [1.165, 1.54) is 0 Å². The second-order valence-corrected chi connectivity index (χ2v) is 4.44. The molecule has 0 saturated carbocycles. The minimum atomic E-state index is 0.647. The summed E-state index contributed by atoms with van der Waals surface area (Å²) in [5.41, 5.74) is 7.79. The summed E-state index contributed by atoms with van der Waals surface area (Å²) < 4.78 is 5.31. The maximum atomic E-state index is 6.15. The zero-order chi connectivity index (χ0) is 11.4. The number of nitrogens with zero attached hydrogens (tertiary/aromatic N) is 1. The third-order valence-corrected chi connectivity index (χ3v) is 3.15. The second kappa shape index (κ2) is 5.68. The van der Waals surface area contributed by atoms with E-state index in [1.54, 1.807) is 0 Å². The first-order valence-electron chi connectivity index (χ1n) is 5.66. The summed E-state index contributed by atoms with van der Waals surface area (Å²) in [7, 11) is 0. The highest BCUT2D eigenvalue weighted by molar-refractivity contribution is 6.30. The number of nitrogens with one attached hydrogen (secondary N) is 1. The molecule has 2 heterocycles. The number of aromatic nitrogens is 1. The van der Waals surface area contributed by atoms with Crippen LogP contribution in [0.1, 0.15) is 11.3 Å². The van der Waals surface area contributed by atoms with Crippen LogP contribution in [0.3, 0.4) is 0 Å². The normalized spacial score (nSPS) is 17.9. The molecule has 1 fully saturated rings. The molecule has 0 bridgehead atoms. The first-order chi connectivity index (χ1) is 7.79. The molecule has 0 atom stereocenters. The van der Waals surface area contributed by atoms with Crippen molar-refractivity contribution in [3.63, 3.8) is 0 Å². The summed E-state index contributed by atoms with van der Waals surface area (Å²) in [6.45, 7) is 5.13. The Bertz CT molecular complexity index is 334. The number of rotatable bonds is 4. The summed E-state index contributed by atoms with van der Waals surface area (Å²) in [6, 6.07) is 2.12. The van der Waals surface area contributed by atoms with Crippen LogP contribution in [0.5, 0.6) is 0 Å². The van der Waals surface area contributed by atoms with Crippen LogP contribution in [-0.4, -0.2) is 42.7 Å². The highest BCUT2D eigenvalue weighted by atomic mass is 35.5. The van der Waals surface area contributed by atoms with Gasteiger partial charge in [0.15, 0.2) is 0 Å². The van der Waals surface area contributed by atoms with Crippen molar-refractivity contribution >= 4 is 11.6 Å². The molecule has 0 amide bonds. The molecule has 1 saturated heterocycles. The van der Waals surface area contributed by atoms with E-state index in [0.29, 0.717) is 6.54 Å². The quantitative estimate of drug-likeness (QED) is 0.830. The van der Waals surface area contributed by atoms with Crippen LogP contribution in [0.2, 0.25) is 5.15 Å². The van der Waals surface area contributed by atoms with Gasteiger partial charge in [-0.05, 0) is 19.0 Å². The Morgan fingerprint density at radius 2 is 2.19 bits per heavy atom. The minimum Gasteiger partial charge on any atom is -0.379 e. The lowest BCUT2D eigenvalue weighted by Crippen LogP contribution is -2.35. The van der Waals surface area contributed by atoms with Crippen molar-refractivity contribution in [2.24, 2.45) is 5.73 Å². The maximum Gasteiger partial charge on any atom is 0.111 e. The summed E-state index contributed by atoms with van der Waals surface area (Å²) in [6.07, 6.45) is 0.850. The van der Waals surface area contributed by atoms with Gasteiger partial charge in [-0.15, -0.1) is 0 Å². The van der Waals surface area contributed by atoms with Crippen LogP contribution in [0.15, 0.2) is 6.07 Å². The van der Waals surface area contributed by atoms with E-state index in [4.69, 9.17) is 22.1 Å². The van der Waals surface area contributed by atoms with Crippen LogP contribution in [-0.2, 0) is 17.7 Å². The molecule has 4 nitrogen and oxygen atoms in total. The molecule has 0 radical (unpaired) electrons. The molecule has 2 rings (SSSR count). The molecule has 0 spiro atoms. The molecule has 1 aliphatic heterocycles. The van der Waals surface area contributed by atoms with Crippen molar-refractivity contribution in [2.45, 2.75) is 13.0 Å². The fourth-order valence-corrected chi connectivity index (χ4v) is 2.17. The van der Waals surface area contributed by atoms with E-state index < -0.39 is 0 Å². The lowest BCUT2D eigenvalue weighted by Gasteiger charge is -2.26. The Morgan fingerprint density at radius 1 is 1.44 bits per heavy atom. The lowest BCUT2D eigenvalue weighted by molar-refractivity contribution is 0.0342. The number of nitrogens with two attached hydrogens (primary N) is 1. The minimum absolute atomic E-state index is 0.647. The largest absolute Gasteiger partial charge is 0.379 e. The smallest absolute Gasteiger partial charge is 0.111 e. The molecule has 1 aromatic rings. The Morgan fingerprint density at radius 3 is 2.88 bits per heavy atom. The van der Waals surface area contributed by atoms with Crippen molar-refractivity contribution in [3.8, 4) is 0 Å². The predicted molar refractivity (Wildman–Crippen MR) is 64.7 cm³/mol. The molecule has 90 valence electrons. The number of aromatic amines is 1. The summed E-state index contributed by atoms with van der Waals surface area (Å²) in [4.78, 5) is 5.51. The van der Waals surface area contributed by atoms with E-state index in [-0.39, 0.29) is 0 Å². The molecule has 0 aliphatic carbocycles. The van der Waals surface area contributed by atoms with Gasteiger partial charge in [0, 0.05) is 30.9 Å². The monoisotopic (exact) mass is 243 g/mol. The van der Waals surface area contributed by atoms with Gasteiger partial charge in [-0.25, -0.2) is 0 Å². The first-order valence-corrected chi connectivity index (χ1v) is 6.04. The third kappa shape index (κ3) is 2.98. The van der Waals surface area contributed by atoms with E-state index in [0.717, 1.165) is 55.7 Å². The Labute approximate surface area is 101 Å². The van der Waals surface area contributed by atoms with Gasteiger partial charge >= 0.3 is 0 Å². The molecular formula is C11H18ClN3O. The number of ether oxygens (including phenoxy) is 1. The zero-order valence-corrected chi connectivity index (χ0v) is 10.1. The molecule has 1 aromatic heterocycles.